The summed E-state index contributed by atoms with van der Waals surface area (Å²) >= 11 is 0. The maximum absolute atomic E-state index is 12.7. The van der Waals surface area contributed by atoms with Crippen LogP contribution in [0.3, 0.4) is 0 Å². The molecule has 176 valence electrons. The zero-order valence-corrected chi connectivity index (χ0v) is 17.8. The van der Waals surface area contributed by atoms with Crippen molar-refractivity contribution < 1.29 is 22.7 Å². The van der Waals surface area contributed by atoms with Gasteiger partial charge in [0.25, 0.3) is 5.56 Å². The number of aromatic amines is 1. The van der Waals surface area contributed by atoms with Crippen LogP contribution in [0.4, 0.5) is 30.4 Å². The van der Waals surface area contributed by atoms with Crippen LogP contribution in [-0.4, -0.2) is 42.3 Å². The predicted molar refractivity (Wildman–Crippen MR) is 115 cm³/mol. The van der Waals surface area contributed by atoms with Gasteiger partial charge in [0, 0.05) is 25.9 Å². The van der Waals surface area contributed by atoms with E-state index in [1.807, 2.05) is 6.92 Å². The summed E-state index contributed by atoms with van der Waals surface area (Å²) in [6, 6.07) is 3.97. The number of hydrogen-bond donors (Lipinski definition) is 3. The number of ether oxygens (including phenoxy) is 1. The van der Waals surface area contributed by atoms with Gasteiger partial charge in [-0.3, -0.25) is 19.1 Å². The molecule has 0 radical (unpaired) electrons. The van der Waals surface area contributed by atoms with Gasteiger partial charge in [-0.15, -0.1) is 0 Å². The molecular weight excluding hydrogens is 431 g/mol. The predicted octanol–water partition coefficient (Wildman–Crippen LogP) is 2.03. The molecule has 32 heavy (non-hydrogen) atoms. The summed E-state index contributed by atoms with van der Waals surface area (Å²) in [5.41, 5.74) is 3.97. The number of nitrogens with two attached hydrogens (primary N) is 1. The average molecular weight is 457 g/mol. The van der Waals surface area contributed by atoms with Crippen molar-refractivity contribution in [3.05, 3.63) is 50.7 Å². The number of alkyl halides is 3. The molecule has 9 nitrogen and oxygen atoms in total. The van der Waals surface area contributed by atoms with E-state index in [0.717, 1.165) is 30.7 Å². The molecule has 0 atom stereocenters. The molecule has 1 amide bonds. The first-order valence-corrected chi connectivity index (χ1v) is 9.92. The quantitative estimate of drug-likeness (QED) is 0.502. The number of anilines is 3. The summed E-state index contributed by atoms with van der Waals surface area (Å²) in [7, 11) is 1.44. The normalized spacial score (nSPS) is 11.4. The van der Waals surface area contributed by atoms with Gasteiger partial charge in [0.15, 0.2) is 0 Å². The lowest BCUT2D eigenvalue weighted by molar-refractivity contribution is -0.137. The second-order valence-corrected chi connectivity index (χ2v) is 7.04. The average Bonchev–Trinajstić information content (AvgIpc) is 2.71. The third-order valence-corrected chi connectivity index (χ3v) is 4.66. The molecule has 0 aliphatic rings. The highest BCUT2D eigenvalue weighted by atomic mass is 19.4. The van der Waals surface area contributed by atoms with Crippen molar-refractivity contribution in [3.63, 3.8) is 0 Å². The lowest BCUT2D eigenvalue weighted by Crippen LogP contribution is -2.42. The zero-order valence-electron chi connectivity index (χ0n) is 17.8. The second kappa shape index (κ2) is 10.8. The number of carbonyl (C=O) groups excluding carboxylic acids is 1. The Balaban J connectivity index is 2.28. The fraction of sp³-hybridized carbons (Fsp3) is 0.450. The van der Waals surface area contributed by atoms with Crippen molar-refractivity contribution in [1.29, 1.82) is 0 Å². The lowest BCUT2D eigenvalue weighted by atomic mass is 10.2. The summed E-state index contributed by atoms with van der Waals surface area (Å²) in [6.45, 7) is 2.14. The molecule has 4 N–H and O–H groups in total. The van der Waals surface area contributed by atoms with Crippen LogP contribution in [0.15, 0.2) is 33.9 Å². The minimum Gasteiger partial charge on any atom is -0.383 e. The van der Waals surface area contributed by atoms with Crippen LogP contribution in [0.1, 0.15) is 25.3 Å². The van der Waals surface area contributed by atoms with Crippen molar-refractivity contribution in [1.82, 2.24) is 9.55 Å². The Hall–Kier alpha value is -3.28. The van der Waals surface area contributed by atoms with Crippen LogP contribution in [0, 0.1) is 0 Å². The molecule has 0 saturated heterocycles. The number of methoxy groups -OCH3 is 1. The number of aromatic nitrogens is 2. The van der Waals surface area contributed by atoms with Crippen LogP contribution in [0.2, 0.25) is 0 Å². The first-order chi connectivity index (χ1) is 15.1. The van der Waals surface area contributed by atoms with E-state index in [0.29, 0.717) is 13.0 Å². The van der Waals surface area contributed by atoms with Gasteiger partial charge < -0.3 is 20.7 Å². The molecule has 0 saturated carbocycles. The number of benzene rings is 1. The number of halogens is 3. The largest absolute Gasteiger partial charge is 0.416 e. The van der Waals surface area contributed by atoms with Crippen molar-refractivity contribution in [2.24, 2.45) is 0 Å². The monoisotopic (exact) mass is 457 g/mol. The highest BCUT2D eigenvalue weighted by Gasteiger charge is 2.30. The van der Waals surface area contributed by atoms with Crippen LogP contribution < -0.4 is 27.2 Å². The number of H-pyrrole nitrogens is 1. The van der Waals surface area contributed by atoms with E-state index in [9.17, 15) is 27.6 Å². The van der Waals surface area contributed by atoms with Crippen LogP contribution in [-0.2, 0) is 22.3 Å². The van der Waals surface area contributed by atoms with Crippen molar-refractivity contribution in [3.8, 4) is 0 Å². The highest BCUT2D eigenvalue weighted by Crippen LogP contribution is 2.29. The molecule has 0 aliphatic carbocycles. The summed E-state index contributed by atoms with van der Waals surface area (Å²) in [6.07, 6.45) is -3.04. The first-order valence-electron chi connectivity index (χ1n) is 9.92. The maximum Gasteiger partial charge on any atom is 0.416 e. The Bertz CT molecular complexity index is 1030. The maximum atomic E-state index is 12.7. The number of carbonyl (C=O) groups is 1. The minimum absolute atomic E-state index is 0.0553. The lowest BCUT2D eigenvalue weighted by Gasteiger charge is -2.25. The first kappa shape index (κ1) is 25.0. The van der Waals surface area contributed by atoms with E-state index in [1.165, 1.54) is 16.6 Å². The number of nitrogens with zero attached hydrogens (tertiary/aromatic N) is 2. The summed E-state index contributed by atoms with van der Waals surface area (Å²) in [4.78, 5) is 40.8. The van der Waals surface area contributed by atoms with Crippen LogP contribution in [0.25, 0.3) is 0 Å². The number of nitrogens with one attached hydrogen (secondary N) is 2. The molecule has 2 aromatic rings. The van der Waals surface area contributed by atoms with E-state index >= 15 is 0 Å². The molecule has 0 fully saturated rings. The van der Waals surface area contributed by atoms with Gasteiger partial charge >= 0.3 is 11.9 Å². The number of unbranched alkanes of at least 4 members (excludes halogenated alkanes) is 1. The molecule has 1 heterocycles. The Labute approximate surface area is 182 Å². The van der Waals surface area contributed by atoms with Crippen LogP contribution in [0.5, 0.6) is 0 Å². The molecule has 0 spiro atoms. The molecular formula is C20H26F3N5O4. The van der Waals surface area contributed by atoms with Gasteiger partial charge in [0.05, 0.1) is 18.7 Å². The van der Waals surface area contributed by atoms with Gasteiger partial charge in [0.1, 0.15) is 11.5 Å². The standard InChI is InChI=1S/C20H26F3N5O4/c1-3-4-9-28-17(24)16(18(30)26-19(28)31)27(10-11-32-2)12-15(29)25-14-7-5-13(6-8-14)20(21,22)23/h5-8H,3-4,9-12,24H2,1-2H3,(H,25,29)(H,26,30,31). The topological polar surface area (TPSA) is 122 Å². The highest BCUT2D eigenvalue weighted by molar-refractivity contribution is 5.94. The third kappa shape index (κ3) is 6.36. The Morgan fingerprint density at radius 2 is 1.91 bits per heavy atom. The van der Waals surface area contributed by atoms with Crippen molar-refractivity contribution in [2.45, 2.75) is 32.5 Å². The van der Waals surface area contributed by atoms with E-state index in [-0.39, 0.29) is 36.9 Å². The number of rotatable bonds is 10. The molecule has 12 heteroatoms. The van der Waals surface area contributed by atoms with Gasteiger partial charge in [-0.2, -0.15) is 13.2 Å². The fourth-order valence-corrected chi connectivity index (χ4v) is 3.01. The van der Waals surface area contributed by atoms with E-state index in [2.05, 4.69) is 10.3 Å². The van der Waals surface area contributed by atoms with E-state index in [1.54, 1.807) is 0 Å². The SMILES string of the molecule is CCCCn1c(N)c(N(CCOC)CC(=O)Nc2ccc(C(F)(F)F)cc2)c(=O)[nH]c1=O. The van der Waals surface area contributed by atoms with Crippen LogP contribution >= 0.6 is 0 Å². The smallest absolute Gasteiger partial charge is 0.383 e. The molecule has 1 aromatic heterocycles. The Morgan fingerprint density at radius 1 is 1.25 bits per heavy atom. The minimum atomic E-state index is -4.49. The fourth-order valence-electron chi connectivity index (χ4n) is 3.01. The van der Waals surface area contributed by atoms with Gasteiger partial charge in [-0.1, -0.05) is 13.3 Å². The summed E-state index contributed by atoms with van der Waals surface area (Å²) in [5, 5.41) is 2.49. The number of hydrogen-bond acceptors (Lipinski definition) is 6. The summed E-state index contributed by atoms with van der Waals surface area (Å²) in [5.74, 6) is -0.670. The van der Waals surface area contributed by atoms with Crippen molar-refractivity contribution >= 4 is 23.1 Å². The van der Waals surface area contributed by atoms with Gasteiger partial charge in [0.2, 0.25) is 5.91 Å². The Morgan fingerprint density at radius 3 is 2.47 bits per heavy atom. The van der Waals surface area contributed by atoms with Crippen molar-refractivity contribution in [2.75, 3.05) is 42.8 Å². The number of nitrogen functional groups attached to an aromatic ring is 1. The summed E-state index contributed by atoms with van der Waals surface area (Å²) < 4.78 is 44.4. The zero-order chi connectivity index (χ0) is 23.9. The molecule has 2 rings (SSSR count). The van der Waals surface area contributed by atoms with Gasteiger partial charge in [-0.05, 0) is 30.7 Å². The molecule has 0 bridgehead atoms. The second-order valence-electron chi connectivity index (χ2n) is 7.04. The Kier molecular flexibility index (Phi) is 8.47. The van der Waals surface area contributed by atoms with E-state index in [4.69, 9.17) is 10.5 Å². The third-order valence-electron chi connectivity index (χ3n) is 4.66. The number of amides is 1. The molecule has 0 unspecified atom stereocenters. The van der Waals surface area contributed by atoms with E-state index < -0.39 is 28.9 Å². The van der Waals surface area contributed by atoms with Gasteiger partial charge in [-0.25, -0.2) is 4.79 Å². The molecule has 0 aliphatic heterocycles. The molecule has 1 aromatic carbocycles.